The second kappa shape index (κ2) is 9.98. The van der Waals surface area contributed by atoms with E-state index in [4.69, 9.17) is 4.74 Å². The van der Waals surface area contributed by atoms with E-state index < -0.39 is 0 Å². The third kappa shape index (κ3) is 5.42. The molecule has 0 saturated heterocycles. The maximum absolute atomic E-state index is 12.5. The molecule has 154 valence electrons. The molecular formula is C24H24N2O3S. The lowest BCUT2D eigenvalue weighted by atomic mass is 10.2. The SMILES string of the molecule is COc1ccccc1NC(=O)c1ccc(NC(=O)C(C)Sc2ccccc2C)cc1. The number of hydrogen-bond acceptors (Lipinski definition) is 4. The average Bonchev–Trinajstić information content (AvgIpc) is 2.76. The lowest BCUT2D eigenvalue weighted by molar-refractivity contribution is -0.115. The maximum Gasteiger partial charge on any atom is 0.255 e. The molecule has 0 aliphatic heterocycles. The van der Waals surface area contributed by atoms with Crippen molar-refractivity contribution < 1.29 is 14.3 Å². The molecule has 1 atom stereocenters. The minimum absolute atomic E-state index is 0.0884. The predicted molar refractivity (Wildman–Crippen MR) is 123 cm³/mol. The van der Waals surface area contributed by atoms with Crippen LogP contribution < -0.4 is 15.4 Å². The first-order valence-electron chi connectivity index (χ1n) is 9.55. The number of amides is 2. The van der Waals surface area contributed by atoms with Gasteiger partial charge in [-0.2, -0.15) is 0 Å². The molecular weight excluding hydrogens is 396 g/mol. The molecule has 5 nitrogen and oxygen atoms in total. The first-order chi connectivity index (χ1) is 14.5. The highest BCUT2D eigenvalue weighted by atomic mass is 32.2. The van der Waals surface area contributed by atoms with Crippen molar-refractivity contribution >= 4 is 35.0 Å². The van der Waals surface area contributed by atoms with Gasteiger partial charge in [-0.15, -0.1) is 11.8 Å². The summed E-state index contributed by atoms with van der Waals surface area (Å²) < 4.78 is 5.25. The highest BCUT2D eigenvalue weighted by molar-refractivity contribution is 8.00. The van der Waals surface area contributed by atoms with Crippen molar-refractivity contribution in [1.82, 2.24) is 0 Å². The predicted octanol–water partition coefficient (Wildman–Crippen LogP) is 5.38. The van der Waals surface area contributed by atoms with Gasteiger partial charge in [-0.3, -0.25) is 9.59 Å². The Hall–Kier alpha value is -3.25. The van der Waals surface area contributed by atoms with Crippen LogP contribution in [0.15, 0.2) is 77.7 Å². The number of hydrogen-bond donors (Lipinski definition) is 2. The van der Waals surface area contributed by atoms with E-state index in [2.05, 4.69) is 10.6 Å². The fraction of sp³-hybridized carbons (Fsp3) is 0.167. The Balaban J connectivity index is 1.60. The van der Waals surface area contributed by atoms with Crippen molar-refractivity contribution in [1.29, 1.82) is 0 Å². The quantitative estimate of drug-likeness (QED) is 0.504. The number of carbonyl (C=O) groups excluding carboxylic acids is 2. The molecule has 1 unspecified atom stereocenters. The van der Waals surface area contributed by atoms with Crippen LogP contribution in [0.1, 0.15) is 22.8 Å². The third-order valence-electron chi connectivity index (χ3n) is 4.54. The zero-order valence-corrected chi connectivity index (χ0v) is 18.0. The number of carbonyl (C=O) groups is 2. The average molecular weight is 421 g/mol. The zero-order chi connectivity index (χ0) is 21.5. The van der Waals surface area contributed by atoms with Crippen LogP contribution in [0.4, 0.5) is 11.4 Å². The summed E-state index contributed by atoms with van der Waals surface area (Å²) in [5.41, 5.74) is 2.88. The van der Waals surface area contributed by atoms with E-state index >= 15 is 0 Å². The molecule has 3 aromatic rings. The highest BCUT2D eigenvalue weighted by Gasteiger charge is 2.16. The van der Waals surface area contributed by atoms with Crippen LogP contribution in [0.3, 0.4) is 0 Å². The zero-order valence-electron chi connectivity index (χ0n) is 17.1. The Kier molecular flexibility index (Phi) is 7.14. The van der Waals surface area contributed by atoms with Gasteiger partial charge in [0.05, 0.1) is 18.0 Å². The van der Waals surface area contributed by atoms with Gasteiger partial charge in [0.1, 0.15) is 5.75 Å². The molecule has 0 fully saturated rings. The fourth-order valence-corrected chi connectivity index (χ4v) is 3.78. The third-order valence-corrected chi connectivity index (χ3v) is 5.82. The molecule has 0 saturated carbocycles. The lowest BCUT2D eigenvalue weighted by Gasteiger charge is -2.14. The first-order valence-corrected chi connectivity index (χ1v) is 10.4. The number of methoxy groups -OCH3 is 1. The Labute approximate surface area is 180 Å². The van der Waals surface area contributed by atoms with Gasteiger partial charge in [0.2, 0.25) is 5.91 Å². The number of rotatable bonds is 7. The van der Waals surface area contributed by atoms with Gasteiger partial charge in [0.25, 0.3) is 5.91 Å². The fourth-order valence-electron chi connectivity index (χ4n) is 2.82. The number of benzene rings is 3. The van der Waals surface area contributed by atoms with Crippen molar-refractivity contribution in [3.8, 4) is 5.75 Å². The molecule has 3 aromatic carbocycles. The normalized spacial score (nSPS) is 11.4. The first kappa shape index (κ1) is 21.5. The van der Waals surface area contributed by atoms with Gasteiger partial charge in [0, 0.05) is 16.1 Å². The van der Waals surface area contributed by atoms with Crippen molar-refractivity contribution in [2.24, 2.45) is 0 Å². The van der Waals surface area contributed by atoms with Crippen molar-refractivity contribution in [3.05, 3.63) is 83.9 Å². The van der Waals surface area contributed by atoms with Crippen LogP contribution in [-0.2, 0) is 4.79 Å². The lowest BCUT2D eigenvalue weighted by Crippen LogP contribution is -2.22. The van der Waals surface area contributed by atoms with E-state index in [-0.39, 0.29) is 17.1 Å². The largest absolute Gasteiger partial charge is 0.495 e. The Morgan fingerprint density at radius 1 is 0.900 bits per heavy atom. The van der Waals surface area contributed by atoms with Crippen LogP contribution in [0.25, 0.3) is 0 Å². The minimum Gasteiger partial charge on any atom is -0.495 e. The molecule has 6 heteroatoms. The molecule has 3 rings (SSSR count). The second-order valence-electron chi connectivity index (χ2n) is 6.75. The molecule has 30 heavy (non-hydrogen) atoms. The van der Waals surface area contributed by atoms with Crippen molar-refractivity contribution in [2.45, 2.75) is 24.0 Å². The summed E-state index contributed by atoms with van der Waals surface area (Å²) in [4.78, 5) is 26.1. The van der Waals surface area contributed by atoms with Crippen molar-refractivity contribution in [2.75, 3.05) is 17.7 Å². The molecule has 0 radical (unpaired) electrons. The molecule has 0 heterocycles. The van der Waals surface area contributed by atoms with E-state index in [0.717, 1.165) is 10.5 Å². The summed E-state index contributed by atoms with van der Waals surface area (Å²) in [6.45, 7) is 3.91. The van der Waals surface area contributed by atoms with E-state index in [9.17, 15) is 9.59 Å². The van der Waals surface area contributed by atoms with Gasteiger partial charge in [-0.1, -0.05) is 30.3 Å². The van der Waals surface area contributed by atoms with Gasteiger partial charge in [-0.25, -0.2) is 0 Å². The number of thioether (sulfide) groups is 1. The van der Waals surface area contributed by atoms with Crippen molar-refractivity contribution in [3.63, 3.8) is 0 Å². The summed E-state index contributed by atoms with van der Waals surface area (Å²) in [5.74, 6) is 0.255. The summed E-state index contributed by atoms with van der Waals surface area (Å²) in [7, 11) is 1.56. The van der Waals surface area contributed by atoms with Gasteiger partial charge in [-0.05, 0) is 61.9 Å². The van der Waals surface area contributed by atoms with Gasteiger partial charge >= 0.3 is 0 Å². The highest BCUT2D eigenvalue weighted by Crippen LogP contribution is 2.27. The van der Waals surface area contributed by atoms with E-state index in [1.807, 2.05) is 50.2 Å². The molecule has 0 bridgehead atoms. The molecule has 0 aromatic heterocycles. The van der Waals surface area contributed by atoms with Gasteiger partial charge < -0.3 is 15.4 Å². The van der Waals surface area contributed by atoms with Crippen LogP contribution in [0.2, 0.25) is 0 Å². The van der Waals surface area contributed by atoms with Crippen LogP contribution in [0.5, 0.6) is 5.75 Å². The monoisotopic (exact) mass is 420 g/mol. The summed E-state index contributed by atoms with van der Waals surface area (Å²) in [5, 5.41) is 5.49. The molecule has 2 amide bonds. The summed E-state index contributed by atoms with van der Waals surface area (Å²) in [6, 6.07) is 22.0. The number of nitrogens with one attached hydrogen (secondary N) is 2. The second-order valence-corrected chi connectivity index (χ2v) is 8.13. The van der Waals surface area contributed by atoms with Crippen LogP contribution in [-0.4, -0.2) is 24.2 Å². The standard InChI is InChI=1S/C24H24N2O3S/c1-16-8-4-7-11-22(16)30-17(2)23(27)25-19-14-12-18(13-15-19)24(28)26-20-9-5-6-10-21(20)29-3/h4-15,17H,1-3H3,(H,25,27)(H,26,28). The van der Waals surface area contributed by atoms with Crippen LogP contribution in [0, 0.1) is 6.92 Å². The topological polar surface area (TPSA) is 67.4 Å². The number of aryl methyl sites for hydroxylation is 1. The van der Waals surface area contributed by atoms with Gasteiger partial charge in [0.15, 0.2) is 0 Å². The van der Waals surface area contributed by atoms with Crippen LogP contribution >= 0.6 is 11.8 Å². The Morgan fingerprint density at radius 2 is 1.57 bits per heavy atom. The molecule has 2 N–H and O–H groups in total. The number of anilines is 2. The number of ether oxygens (including phenoxy) is 1. The summed E-state index contributed by atoms with van der Waals surface area (Å²) >= 11 is 1.52. The van der Waals surface area contributed by atoms with E-state index in [1.54, 1.807) is 43.5 Å². The number of para-hydroxylation sites is 2. The molecule has 0 aliphatic rings. The summed E-state index contributed by atoms with van der Waals surface area (Å²) in [6.07, 6.45) is 0. The minimum atomic E-state index is -0.250. The van der Waals surface area contributed by atoms with E-state index in [1.165, 1.54) is 11.8 Å². The molecule has 0 aliphatic carbocycles. The Bertz CT molecular complexity index is 1030. The Morgan fingerprint density at radius 3 is 2.27 bits per heavy atom. The molecule has 0 spiro atoms. The maximum atomic E-state index is 12.5. The van der Waals surface area contributed by atoms with E-state index in [0.29, 0.717) is 22.7 Å². The smallest absolute Gasteiger partial charge is 0.255 e.